The minimum atomic E-state index is -0.486. The molecule has 1 fully saturated rings. The van der Waals surface area contributed by atoms with Crippen LogP contribution in [-0.4, -0.2) is 41.3 Å². The summed E-state index contributed by atoms with van der Waals surface area (Å²) in [6.07, 6.45) is 9.62. The second-order valence-electron chi connectivity index (χ2n) is 6.90. The van der Waals surface area contributed by atoms with Gasteiger partial charge in [-0.1, -0.05) is 46.0 Å². The number of tetrazole rings is 1. The lowest BCUT2D eigenvalue weighted by Gasteiger charge is -2.20. The van der Waals surface area contributed by atoms with Gasteiger partial charge in [0.15, 0.2) is 0 Å². The van der Waals surface area contributed by atoms with Gasteiger partial charge in [0.05, 0.1) is 0 Å². The lowest BCUT2D eigenvalue weighted by molar-refractivity contribution is -0.121. The predicted molar refractivity (Wildman–Crippen MR) is 91.6 cm³/mol. The molecule has 1 aliphatic carbocycles. The van der Waals surface area contributed by atoms with Crippen molar-refractivity contribution in [2.24, 2.45) is 11.8 Å². The summed E-state index contributed by atoms with van der Waals surface area (Å²) in [7, 11) is 0. The molecule has 2 aromatic heterocycles. The van der Waals surface area contributed by atoms with Crippen LogP contribution in [0.25, 0.3) is 0 Å². The molecule has 3 rings (SSSR count). The number of nitrogens with zero attached hydrogens (tertiary/aromatic N) is 6. The van der Waals surface area contributed by atoms with Crippen molar-refractivity contribution < 1.29 is 4.79 Å². The van der Waals surface area contributed by atoms with Crippen molar-refractivity contribution in [2.45, 2.75) is 64.8 Å². The molecule has 2 heterocycles. The quantitative estimate of drug-likeness (QED) is 0.757. The molecule has 2 unspecified atom stereocenters. The Bertz CT molecular complexity index is 661. The van der Waals surface area contributed by atoms with Crippen molar-refractivity contribution in [3.05, 3.63) is 12.2 Å². The lowest BCUT2D eigenvalue weighted by atomic mass is 9.99. The molecule has 0 aliphatic heterocycles. The normalized spacial score (nSPS) is 17.5. The Morgan fingerprint density at radius 1 is 1.44 bits per heavy atom. The summed E-state index contributed by atoms with van der Waals surface area (Å²) in [6, 6.07) is -0.486. The van der Waals surface area contributed by atoms with Crippen molar-refractivity contribution in [1.29, 1.82) is 0 Å². The van der Waals surface area contributed by atoms with Gasteiger partial charge in [-0.05, 0) is 28.7 Å². The summed E-state index contributed by atoms with van der Waals surface area (Å²) < 4.78 is 1.48. The number of carbonyl (C=O) groups is 1. The molecule has 9 heteroatoms. The van der Waals surface area contributed by atoms with Gasteiger partial charge in [-0.2, -0.15) is 4.98 Å². The number of aromatic amines is 1. The van der Waals surface area contributed by atoms with E-state index in [0.717, 1.165) is 31.0 Å². The fourth-order valence-electron chi connectivity index (χ4n) is 3.45. The van der Waals surface area contributed by atoms with Gasteiger partial charge in [-0.15, -0.1) is 10.2 Å². The second-order valence-corrected chi connectivity index (χ2v) is 6.90. The van der Waals surface area contributed by atoms with Gasteiger partial charge in [0.25, 0.3) is 5.91 Å². The highest BCUT2D eigenvalue weighted by atomic mass is 16.2. The summed E-state index contributed by atoms with van der Waals surface area (Å²) in [6.45, 7) is 4.03. The molecule has 0 radical (unpaired) electrons. The molecule has 1 amide bonds. The van der Waals surface area contributed by atoms with Crippen LogP contribution in [0.4, 0.5) is 5.95 Å². The van der Waals surface area contributed by atoms with Gasteiger partial charge >= 0.3 is 0 Å². The highest BCUT2D eigenvalue weighted by Gasteiger charge is 2.28. The Hall–Kier alpha value is -2.32. The van der Waals surface area contributed by atoms with Crippen LogP contribution in [0.15, 0.2) is 6.33 Å². The molecular formula is C16H26N8O. The smallest absolute Gasteiger partial charge is 0.252 e. The van der Waals surface area contributed by atoms with Crippen LogP contribution in [0.2, 0.25) is 0 Å². The molecule has 0 bridgehead atoms. The zero-order valence-electron chi connectivity index (χ0n) is 14.9. The van der Waals surface area contributed by atoms with Crippen LogP contribution >= 0.6 is 0 Å². The number of amides is 1. The zero-order chi connectivity index (χ0) is 17.6. The number of hydrogen-bond donors (Lipinski definition) is 2. The minimum Gasteiger partial charge on any atom is -0.291 e. The number of nitrogens with one attached hydrogen (secondary N) is 2. The third-order valence-electron chi connectivity index (χ3n) is 5.13. The van der Waals surface area contributed by atoms with Gasteiger partial charge in [-0.3, -0.25) is 15.2 Å². The molecule has 0 saturated heterocycles. The molecule has 2 N–H and O–H groups in total. The van der Waals surface area contributed by atoms with E-state index in [-0.39, 0.29) is 11.8 Å². The molecule has 1 aliphatic rings. The van der Waals surface area contributed by atoms with Crippen LogP contribution in [-0.2, 0) is 11.2 Å². The SMILES string of the molecule is CCC(C)C(C(=O)Nc1n[nH]c(CCC2CCCC2)n1)n1cnnn1. The summed E-state index contributed by atoms with van der Waals surface area (Å²) >= 11 is 0. The summed E-state index contributed by atoms with van der Waals surface area (Å²) in [4.78, 5) is 17.1. The van der Waals surface area contributed by atoms with Crippen LogP contribution in [0.1, 0.15) is 64.2 Å². The third-order valence-corrected chi connectivity index (χ3v) is 5.13. The van der Waals surface area contributed by atoms with E-state index in [4.69, 9.17) is 0 Å². The van der Waals surface area contributed by atoms with E-state index >= 15 is 0 Å². The standard InChI is InChI=1S/C16H26N8O/c1-3-11(2)14(24-10-17-22-23-24)15(25)19-16-18-13(20-21-16)9-8-12-6-4-5-7-12/h10-12,14H,3-9H2,1-2H3,(H2,18,19,20,21,25). The van der Waals surface area contributed by atoms with E-state index in [1.54, 1.807) is 0 Å². The molecular weight excluding hydrogens is 320 g/mol. The molecule has 0 aromatic carbocycles. The number of aromatic nitrogens is 7. The predicted octanol–water partition coefficient (Wildman–Crippen LogP) is 2.14. The fraction of sp³-hybridized carbons (Fsp3) is 0.750. The molecule has 9 nitrogen and oxygen atoms in total. The largest absolute Gasteiger partial charge is 0.291 e. The van der Waals surface area contributed by atoms with Crippen molar-refractivity contribution in [1.82, 2.24) is 35.4 Å². The van der Waals surface area contributed by atoms with E-state index in [2.05, 4.69) is 36.0 Å². The highest BCUT2D eigenvalue weighted by molar-refractivity contribution is 5.92. The first-order valence-corrected chi connectivity index (χ1v) is 9.12. The maximum Gasteiger partial charge on any atom is 0.252 e. The average Bonchev–Trinajstić information content (AvgIpc) is 3.36. The number of hydrogen-bond acceptors (Lipinski definition) is 6. The van der Waals surface area contributed by atoms with Crippen molar-refractivity contribution in [2.75, 3.05) is 5.32 Å². The first-order valence-electron chi connectivity index (χ1n) is 9.12. The number of carbonyl (C=O) groups excluding carboxylic acids is 1. The lowest BCUT2D eigenvalue weighted by Crippen LogP contribution is -2.31. The van der Waals surface area contributed by atoms with Crippen LogP contribution < -0.4 is 5.32 Å². The highest BCUT2D eigenvalue weighted by Crippen LogP contribution is 2.28. The molecule has 25 heavy (non-hydrogen) atoms. The zero-order valence-corrected chi connectivity index (χ0v) is 14.9. The maximum absolute atomic E-state index is 12.7. The van der Waals surface area contributed by atoms with E-state index in [1.165, 1.54) is 36.7 Å². The van der Waals surface area contributed by atoms with E-state index in [9.17, 15) is 4.79 Å². The van der Waals surface area contributed by atoms with Crippen molar-refractivity contribution in [3.63, 3.8) is 0 Å². The molecule has 136 valence electrons. The topological polar surface area (TPSA) is 114 Å². The first kappa shape index (κ1) is 17.5. The monoisotopic (exact) mass is 346 g/mol. The Balaban J connectivity index is 1.59. The Morgan fingerprint density at radius 3 is 2.92 bits per heavy atom. The first-order chi connectivity index (χ1) is 12.2. The Kier molecular flexibility index (Phi) is 5.72. The Morgan fingerprint density at radius 2 is 2.24 bits per heavy atom. The van der Waals surface area contributed by atoms with Crippen molar-refractivity contribution >= 4 is 11.9 Å². The molecule has 1 saturated carbocycles. The van der Waals surface area contributed by atoms with E-state index < -0.39 is 6.04 Å². The average molecular weight is 346 g/mol. The van der Waals surface area contributed by atoms with Gasteiger partial charge in [-0.25, -0.2) is 4.68 Å². The van der Waals surface area contributed by atoms with Crippen molar-refractivity contribution in [3.8, 4) is 0 Å². The summed E-state index contributed by atoms with van der Waals surface area (Å²) in [5, 5.41) is 21.0. The third kappa shape index (κ3) is 4.40. The number of anilines is 1. The van der Waals surface area contributed by atoms with E-state index in [1.807, 2.05) is 13.8 Å². The van der Waals surface area contributed by atoms with E-state index in [0.29, 0.717) is 5.95 Å². The molecule has 0 spiro atoms. The second kappa shape index (κ2) is 8.17. The number of H-pyrrole nitrogens is 1. The van der Waals surface area contributed by atoms with Gasteiger partial charge in [0.2, 0.25) is 5.95 Å². The minimum absolute atomic E-state index is 0.0873. The van der Waals surface area contributed by atoms with Gasteiger partial charge in [0.1, 0.15) is 18.2 Å². The van der Waals surface area contributed by atoms with Crippen LogP contribution in [0.5, 0.6) is 0 Å². The molecule has 2 aromatic rings. The molecule has 2 atom stereocenters. The Labute approximate surface area is 147 Å². The number of rotatable bonds is 8. The summed E-state index contributed by atoms with van der Waals surface area (Å²) in [5.41, 5.74) is 0. The number of aryl methyl sites for hydroxylation is 1. The summed E-state index contributed by atoms with van der Waals surface area (Å²) in [5.74, 6) is 1.82. The van der Waals surface area contributed by atoms with Gasteiger partial charge in [0, 0.05) is 6.42 Å². The van der Waals surface area contributed by atoms with Crippen LogP contribution in [0.3, 0.4) is 0 Å². The van der Waals surface area contributed by atoms with Crippen LogP contribution in [0, 0.1) is 11.8 Å². The fourth-order valence-corrected chi connectivity index (χ4v) is 3.45. The maximum atomic E-state index is 12.7. The van der Waals surface area contributed by atoms with Gasteiger partial charge < -0.3 is 0 Å².